The number of nitrogens with one attached hydrogen (secondary N) is 1. The van der Waals surface area contributed by atoms with E-state index in [1.165, 1.54) is 0 Å². The van der Waals surface area contributed by atoms with Gasteiger partial charge in [0, 0.05) is 13.1 Å². The van der Waals surface area contributed by atoms with Crippen LogP contribution in [0.3, 0.4) is 0 Å². The van der Waals surface area contributed by atoms with Gasteiger partial charge in [0.05, 0.1) is 0 Å². The molecule has 5 heteroatoms. The highest BCUT2D eigenvalue weighted by Gasteiger charge is 2.23. The summed E-state index contributed by atoms with van der Waals surface area (Å²) in [5.74, 6) is -0.963. The molecule has 0 aromatic heterocycles. The van der Waals surface area contributed by atoms with E-state index in [9.17, 15) is 9.59 Å². The maximum Gasteiger partial charge on any atom is 0.326 e. The molecule has 106 valence electrons. The van der Waals surface area contributed by atoms with Crippen molar-refractivity contribution in [2.24, 2.45) is 0 Å². The van der Waals surface area contributed by atoms with Crippen LogP contribution in [0.1, 0.15) is 52.9 Å². The molecule has 0 bridgehead atoms. The van der Waals surface area contributed by atoms with E-state index in [1.807, 2.05) is 20.8 Å². The fraction of sp³-hybridized carbons (Fsp3) is 0.846. The number of amides is 2. The van der Waals surface area contributed by atoms with Crippen LogP contribution >= 0.6 is 0 Å². The summed E-state index contributed by atoms with van der Waals surface area (Å²) in [6.45, 7) is 6.03. The van der Waals surface area contributed by atoms with Crippen molar-refractivity contribution in [1.29, 1.82) is 0 Å². The molecule has 0 radical (unpaired) electrons. The zero-order valence-corrected chi connectivity index (χ0v) is 11.9. The maximum absolute atomic E-state index is 11.9. The van der Waals surface area contributed by atoms with E-state index in [4.69, 9.17) is 5.11 Å². The summed E-state index contributed by atoms with van der Waals surface area (Å²) in [5, 5.41) is 11.6. The van der Waals surface area contributed by atoms with Crippen LogP contribution in [-0.2, 0) is 4.79 Å². The van der Waals surface area contributed by atoms with Crippen molar-refractivity contribution < 1.29 is 14.7 Å². The highest BCUT2D eigenvalue weighted by Crippen LogP contribution is 2.07. The number of carbonyl (C=O) groups excluding carboxylic acids is 1. The number of aliphatic carboxylic acids is 1. The van der Waals surface area contributed by atoms with Crippen molar-refractivity contribution in [2.45, 2.75) is 65.0 Å². The SMILES string of the molecule is CCCCC(NC(=O)N(C)C(CC)CC)C(=O)O. The molecule has 0 saturated carbocycles. The molecule has 0 aromatic rings. The largest absolute Gasteiger partial charge is 0.480 e. The van der Waals surface area contributed by atoms with Crippen LogP contribution in [-0.4, -0.2) is 41.1 Å². The van der Waals surface area contributed by atoms with Crippen LogP contribution in [0.15, 0.2) is 0 Å². The van der Waals surface area contributed by atoms with Gasteiger partial charge in [-0.05, 0) is 19.3 Å². The normalized spacial score (nSPS) is 12.3. The van der Waals surface area contributed by atoms with Crippen molar-refractivity contribution in [3.05, 3.63) is 0 Å². The average molecular weight is 258 g/mol. The number of urea groups is 1. The molecular weight excluding hydrogens is 232 g/mol. The van der Waals surface area contributed by atoms with Gasteiger partial charge in [-0.25, -0.2) is 9.59 Å². The van der Waals surface area contributed by atoms with Crippen LogP contribution in [0, 0.1) is 0 Å². The van der Waals surface area contributed by atoms with E-state index in [-0.39, 0.29) is 12.1 Å². The van der Waals surface area contributed by atoms with Gasteiger partial charge in [0.1, 0.15) is 6.04 Å². The fourth-order valence-corrected chi connectivity index (χ4v) is 1.92. The number of unbranched alkanes of at least 4 members (excludes halogenated alkanes) is 1. The van der Waals surface area contributed by atoms with E-state index in [1.54, 1.807) is 11.9 Å². The number of hydrogen-bond acceptors (Lipinski definition) is 2. The summed E-state index contributed by atoms with van der Waals surface area (Å²) in [6.07, 6.45) is 3.93. The van der Waals surface area contributed by atoms with Crippen LogP contribution in [0.25, 0.3) is 0 Å². The molecule has 0 aliphatic carbocycles. The molecule has 0 aliphatic rings. The highest BCUT2D eigenvalue weighted by molar-refractivity contribution is 5.82. The molecular formula is C13H26N2O3. The van der Waals surface area contributed by atoms with E-state index in [0.717, 1.165) is 25.7 Å². The minimum absolute atomic E-state index is 0.158. The Morgan fingerprint density at radius 2 is 1.78 bits per heavy atom. The molecule has 18 heavy (non-hydrogen) atoms. The van der Waals surface area contributed by atoms with E-state index >= 15 is 0 Å². The summed E-state index contributed by atoms with van der Waals surface area (Å²) in [6, 6.07) is -0.924. The highest BCUT2D eigenvalue weighted by atomic mass is 16.4. The van der Waals surface area contributed by atoms with Gasteiger partial charge in [0.25, 0.3) is 0 Å². The third kappa shape index (κ3) is 5.38. The molecule has 1 atom stereocenters. The van der Waals surface area contributed by atoms with Gasteiger partial charge >= 0.3 is 12.0 Å². The first-order chi connectivity index (χ1) is 8.47. The Bertz CT molecular complexity index is 265. The summed E-state index contributed by atoms with van der Waals surface area (Å²) in [5.41, 5.74) is 0. The first-order valence-electron chi connectivity index (χ1n) is 6.73. The molecule has 0 spiro atoms. The molecule has 0 saturated heterocycles. The first-order valence-corrected chi connectivity index (χ1v) is 6.73. The first kappa shape index (κ1) is 16.7. The Balaban J connectivity index is 4.44. The molecule has 0 aromatic carbocycles. The molecule has 0 heterocycles. The van der Waals surface area contributed by atoms with Gasteiger partial charge in [-0.3, -0.25) is 0 Å². The third-order valence-electron chi connectivity index (χ3n) is 3.25. The second-order valence-electron chi connectivity index (χ2n) is 4.56. The van der Waals surface area contributed by atoms with Crippen LogP contribution < -0.4 is 5.32 Å². The summed E-state index contributed by atoms with van der Waals surface area (Å²) >= 11 is 0. The monoisotopic (exact) mass is 258 g/mol. The lowest BCUT2D eigenvalue weighted by atomic mass is 10.1. The Morgan fingerprint density at radius 3 is 2.17 bits per heavy atom. The summed E-state index contributed by atoms with van der Waals surface area (Å²) < 4.78 is 0. The molecule has 0 aliphatic heterocycles. The molecule has 0 fully saturated rings. The van der Waals surface area contributed by atoms with Crippen molar-refractivity contribution in [3.8, 4) is 0 Å². The van der Waals surface area contributed by atoms with Gasteiger partial charge in [-0.2, -0.15) is 0 Å². The Morgan fingerprint density at radius 1 is 1.22 bits per heavy atom. The van der Waals surface area contributed by atoms with E-state index < -0.39 is 12.0 Å². The molecule has 2 amide bonds. The van der Waals surface area contributed by atoms with Gasteiger partial charge in [0.15, 0.2) is 0 Å². The second kappa shape index (κ2) is 8.78. The number of rotatable bonds is 8. The summed E-state index contributed by atoms with van der Waals surface area (Å²) in [4.78, 5) is 24.6. The van der Waals surface area contributed by atoms with Crippen LogP contribution in [0.5, 0.6) is 0 Å². The zero-order chi connectivity index (χ0) is 14.1. The van der Waals surface area contributed by atoms with Gasteiger partial charge in [-0.15, -0.1) is 0 Å². The third-order valence-corrected chi connectivity index (χ3v) is 3.25. The minimum Gasteiger partial charge on any atom is -0.480 e. The Hall–Kier alpha value is -1.26. The van der Waals surface area contributed by atoms with Crippen LogP contribution in [0.4, 0.5) is 4.79 Å². The number of carbonyl (C=O) groups is 2. The van der Waals surface area contributed by atoms with Crippen molar-refractivity contribution in [2.75, 3.05) is 7.05 Å². The molecule has 5 nitrogen and oxygen atoms in total. The van der Waals surface area contributed by atoms with E-state index in [0.29, 0.717) is 6.42 Å². The number of nitrogens with zero attached hydrogens (tertiary/aromatic N) is 1. The standard InChI is InChI=1S/C13H26N2O3/c1-5-8-9-11(12(16)17)14-13(18)15(4)10(6-2)7-3/h10-11H,5-9H2,1-4H3,(H,14,18)(H,16,17). The predicted molar refractivity (Wildman–Crippen MR) is 71.6 cm³/mol. The molecule has 2 N–H and O–H groups in total. The molecule has 1 unspecified atom stereocenters. The maximum atomic E-state index is 11.9. The quantitative estimate of drug-likeness (QED) is 0.702. The van der Waals surface area contributed by atoms with Crippen LogP contribution in [0.2, 0.25) is 0 Å². The van der Waals surface area contributed by atoms with Gasteiger partial charge in [-0.1, -0.05) is 33.6 Å². The lowest BCUT2D eigenvalue weighted by molar-refractivity contribution is -0.139. The van der Waals surface area contributed by atoms with E-state index in [2.05, 4.69) is 5.32 Å². The Labute approximate surface area is 110 Å². The number of carboxylic acids is 1. The fourth-order valence-electron chi connectivity index (χ4n) is 1.92. The van der Waals surface area contributed by atoms with Crippen molar-refractivity contribution in [1.82, 2.24) is 10.2 Å². The number of carboxylic acid groups (broad SMARTS) is 1. The van der Waals surface area contributed by atoms with Gasteiger partial charge < -0.3 is 15.3 Å². The van der Waals surface area contributed by atoms with Crippen molar-refractivity contribution >= 4 is 12.0 Å². The molecule has 0 rings (SSSR count). The van der Waals surface area contributed by atoms with Gasteiger partial charge in [0.2, 0.25) is 0 Å². The minimum atomic E-state index is -0.963. The van der Waals surface area contributed by atoms with Crippen molar-refractivity contribution in [3.63, 3.8) is 0 Å². The average Bonchev–Trinajstić information content (AvgIpc) is 2.35. The summed E-state index contributed by atoms with van der Waals surface area (Å²) in [7, 11) is 1.71. The zero-order valence-electron chi connectivity index (χ0n) is 11.9. The Kier molecular flexibility index (Phi) is 8.16. The number of hydrogen-bond donors (Lipinski definition) is 2. The topological polar surface area (TPSA) is 69.6 Å². The smallest absolute Gasteiger partial charge is 0.326 e. The lowest BCUT2D eigenvalue weighted by Gasteiger charge is -2.28. The predicted octanol–water partition coefficient (Wildman–Crippen LogP) is 2.46. The second-order valence-corrected chi connectivity index (χ2v) is 4.56. The lowest BCUT2D eigenvalue weighted by Crippen LogP contribution is -2.49.